The predicted molar refractivity (Wildman–Crippen MR) is 63.5 cm³/mol. The quantitative estimate of drug-likeness (QED) is 0.346. The van der Waals surface area contributed by atoms with Gasteiger partial charge in [0.25, 0.3) is 0 Å². The monoisotopic (exact) mass is 269 g/mol. The number of methoxy groups -OCH3 is 1. The first kappa shape index (κ1) is 15.2. The summed E-state index contributed by atoms with van der Waals surface area (Å²) in [6, 6.07) is 0. The van der Waals surface area contributed by atoms with Crippen molar-refractivity contribution in [1.29, 1.82) is 0 Å². The Kier molecular flexibility index (Phi) is 7.13. The molecule has 0 spiro atoms. The summed E-state index contributed by atoms with van der Waals surface area (Å²) < 4.78 is 29.2. The van der Waals surface area contributed by atoms with Crippen molar-refractivity contribution in [2.75, 3.05) is 32.6 Å². The third kappa shape index (κ3) is 8.53. The molecule has 0 aliphatic carbocycles. The number of rotatable bonds is 8. The summed E-state index contributed by atoms with van der Waals surface area (Å²) >= 11 is 4.45. The Balaban J connectivity index is 3.87. The second kappa shape index (κ2) is 7.49. The second-order valence-electron chi connectivity index (χ2n) is 2.89. The van der Waals surface area contributed by atoms with Crippen LogP contribution in [0.4, 0.5) is 0 Å². The summed E-state index contributed by atoms with van der Waals surface area (Å²) in [4.78, 5) is 10.9. The van der Waals surface area contributed by atoms with Gasteiger partial charge in [0.2, 0.25) is 15.9 Å². The van der Waals surface area contributed by atoms with Crippen molar-refractivity contribution < 1.29 is 17.9 Å². The number of hydrogen-bond donors (Lipinski definition) is 3. The first-order valence-corrected chi connectivity index (χ1v) is 6.44. The Morgan fingerprint density at radius 2 is 2.12 bits per heavy atom. The fourth-order valence-corrected chi connectivity index (χ4v) is 2.06. The van der Waals surface area contributed by atoms with Gasteiger partial charge in [-0.05, 0) is 0 Å². The number of nitrogens with one attached hydrogen (secondary N) is 2. The maximum Gasteiger partial charge on any atom is 0.235 e. The first-order valence-electron chi connectivity index (χ1n) is 4.38. The van der Waals surface area contributed by atoms with E-state index in [4.69, 9.17) is 10.5 Å². The van der Waals surface area contributed by atoms with Gasteiger partial charge >= 0.3 is 0 Å². The molecule has 0 radical (unpaired) electrons. The number of sulfonamides is 1. The minimum Gasteiger partial charge on any atom is -0.392 e. The van der Waals surface area contributed by atoms with Gasteiger partial charge in [-0.1, -0.05) is 12.2 Å². The van der Waals surface area contributed by atoms with Crippen LogP contribution in [-0.4, -0.2) is 51.9 Å². The van der Waals surface area contributed by atoms with E-state index < -0.39 is 21.7 Å². The van der Waals surface area contributed by atoms with Crippen LogP contribution in [0.25, 0.3) is 0 Å². The highest BCUT2D eigenvalue weighted by Gasteiger charge is 2.13. The van der Waals surface area contributed by atoms with E-state index in [0.29, 0.717) is 13.2 Å². The Hall–Kier alpha value is -0.770. The molecule has 0 bridgehead atoms. The van der Waals surface area contributed by atoms with E-state index >= 15 is 0 Å². The van der Waals surface area contributed by atoms with Crippen molar-refractivity contribution in [2.24, 2.45) is 5.73 Å². The smallest absolute Gasteiger partial charge is 0.235 e. The molecule has 0 fully saturated rings. The van der Waals surface area contributed by atoms with E-state index in [1.165, 1.54) is 7.11 Å². The van der Waals surface area contributed by atoms with E-state index in [1.54, 1.807) is 0 Å². The molecule has 94 valence electrons. The van der Waals surface area contributed by atoms with E-state index in [1.807, 2.05) is 0 Å². The van der Waals surface area contributed by atoms with E-state index in [-0.39, 0.29) is 11.5 Å². The predicted octanol–water partition coefficient (Wildman–Crippen LogP) is -2.05. The van der Waals surface area contributed by atoms with Gasteiger partial charge in [0.1, 0.15) is 5.75 Å². The summed E-state index contributed by atoms with van der Waals surface area (Å²) in [7, 11) is -2.12. The average molecular weight is 269 g/mol. The first-order chi connectivity index (χ1) is 7.37. The molecule has 0 aliphatic rings. The number of carbonyl (C=O) groups excluding carboxylic acids is 1. The maximum atomic E-state index is 11.2. The molecule has 0 aromatic rings. The lowest BCUT2D eigenvalue weighted by Crippen LogP contribution is -2.40. The average Bonchev–Trinajstić information content (AvgIpc) is 2.13. The van der Waals surface area contributed by atoms with Gasteiger partial charge in [-0.15, -0.1) is 0 Å². The molecule has 9 heteroatoms. The molecule has 0 saturated carbocycles. The van der Waals surface area contributed by atoms with Gasteiger partial charge in [-0.2, -0.15) is 0 Å². The summed E-state index contributed by atoms with van der Waals surface area (Å²) in [6.45, 7) is 0.354. The number of nitrogens with two attached hydrogens (primary N) is 1. The molecule has 0 rings (SSSR count). The third-order valence-electron chi connectivity index (χ3n) is 1.41. The van der Waals surface area contributed by atoms with Gasteiger partial charge in [-0.3, -0.25) is 4.79 Å². The van der Waals surface area contributed by atoms with Crippen molar-refractivity contribution in [3.8, 4) is 0 Å². The standard InChI is InChI=1S/C7H15N3O4S2/c1-14-3-2-9-7(11)4-10-16(12,13)5-6(8)15/h10H,2-5H2,1H3,(H2,8,15)(H,9,11). The minimum atomic E-state index is -3.61. The molecular formula is C7H15N3O4S2. The van der Waals surface area contributed by atoms with Gasteiger partial charge in [0.05, 0.1) is 18.1 Å². The SMILES string of the molecule is COCCNC(=O)CNS(=O)(=O)CC(N)=S. The van der Waals surface area contributed by atoms with Gasteiger partial charge < -0.3 is 15.8 Å². The van der Waals surface area contributed by atoms with Gasteiger partial charge in [-0.25, -0.2) is 13.1 Å². The molecule has 0 aromatic carbocycles. The largest absolute Gasteiger partial charge is 0.392 e. The van der Waals surface area contributed by atoms with Crippen molar-refractivity contribution in [3.63, 3.8) is 0 Å². The fraction of sp³-hybridized carbons (Fsp3) is 0.714. The molecule has 0 unspecified atom stereocenters. The van der Waals surface area contributed by atoms with Crippen LogP contribution in [0.3, 0.4) is 0 Å². The summed E-state index contributed by atoms with van der Waals surface area (Å²) in [6.07, 6.45) is 0. The Morgan fingerprint density at radius 3 is 2.62 bits per heavy atom. The summed E-state index contributed by atoms with van der Waals surface area (Å²) in [5, 5.41) is 2.45. The zero-order chi connectivity index (χ0) is 12.6. The van der Waals surface area contributed by atoms with Crippen LogP contribution in [-0.2, 0) is 19.6 Å². The highest BCUT2D eigenvalue weighted by molar-refractivity contribution is 7.92. The van der Waals surface area contributed by atoms with Crippen molar-refractivity contribution in [2.45, 2.75) is 0 Å². The molecule has 0 aliphatic heterocycles. The zero-order valence-corrected chi connectivity index (χ0v) is 10.5. The number of hydrogen-bond acceptors (Lipinski definition) is 5. The molecule has 1 amide bonds. The molecule has 7 nitrogen and oxygen atoms in total. The zero-order valence-electron chi connectivity index (χ0n) is 8.86. The van der Waals surface area contributed by atoms with Crippen LogP contribution in [0.2, 0.25) is 0 Å². The number of amides is 1. The number of carbonyl (C=O) groups is 1. The van der Waals surface area contributed by atoms with Crippen LogP contribution in [0, 0.1) is 0 Å². The summed E-state index contributed by atoms with van der Waals surface area (Å²) in [5.74, 6) is -0.906. The normalized spacial score (nSPS) is 11.1. The lowest BCUT2D eigenvalue weighted by molar-refractivity contribution is -0.120. The van der Waals surface area contributed by atoms with Crippen LogP contribution in [0.1, 0.15) is 0 Å². The third-order valence-corrected chi connectivity index (χ3v) is 3.02. The molecule has 4 N–H and O–H groups in total. The molecule has 0 heterocycles. The van der Waals surface area contributed by atoms with Crippen molar-refractivity contribution in [1.82, 2.24) is 10.0 Å². The van der Waals surface area contributed by atoms with E-state index in [0.717, 1.165) is 0 Å². The summed E-state index contributed by atoms with van der Waals surface area (Å²) in [5.41, 5.74) is 5.08. The number of ether oxygens (including phenoxy) is 1. The highest BCUT2D eigenvalue weighted by atomic mass is 32.2. The molecule has 0 aromatic heterocycles. The number of thiocarbonyl (C=S) groups is 1. The molecule has 16 heavy (non-hydrogen) atoms. The highest BCUT2D eigenvalue weighted by Crippen LogP contribution is 1.83. The Bertz CT molecular complexity index is 342. The van der Waals surface area contributed by atoms with Crippen LogP contribution in [0.5, 0.6) is 0 Å². The van der Waals surface area contributed by atoms with E-state index in [9.17, 15) is 13.2 Å². The lowest BCUT2D eigenvalue weighted by atomic mass is 10.6. The minimum absolute atomic E-state index is 0.146. The lowest BCUT2D eigenvalue weighted by Gasteiger charge is -2.06. The molecular weight excluding hydrogens is 254 g/mol. The Labute approximate surface area is 99.8 Å². The van der Waals surface area contributed by atoms with Crippen LogP contribution < -0.4 is 15.8 Å². The van der Waals surface area contributed by atoms with Crippen LogP contribution in [0.15, 0.2) is 0 Å². The van der Waals surface area contributed by atoms with Gasteiger partial charge in [0, 0.05) is 13.7 Å². The van der Waals surface area contributed by atoms with Crippen molar-refractivity contribution >= 4 is 33.1 Å². The maximum absolute atomic E-state index is 11.2. The molecule has 0 atom stereocenters. The van der Waals surface area contributed by atoms with Crippen molar-refractivity contribution in [3.05, 3.63) is 0 Å². The Morgan fingerprint density at radius 1 is 1.50 bits per heavy atom. The van der Waals surface area contributed by atoms with E-state index in [2.05, 4.69) is 22.3 Å². The van der Waals surface area contributed by atoms with Gasteiger partial charge in [0.15, 0.2) is 0 Å². The fourth-order valence-electron chi connectivity index (χ4n) is 0.769. The molecule has 0 saturated heterocycles. The second-order valence-corrected chi connectivity index (χ2v) is 5.22. The topological polar surface area (TPSA) is 111 Å². The van der Waals surface area contributed by atoms with Crippen LogP contribution >= 0.6 is 12.2 Å².